The molecule has 3 aliphatic rings. The monoisotopic (exact) mass is 394 g/mol. The van der Waals surface area contributed by atoms with Gasteiger partial charge in [-0.15, -0.1) is 6.58 Å². The molecule has 1 saturated heterocycles. The van der Waals surface area contributed by atoms with Crippen LogP contribution in [0, 0.1) is 29.6 Å². The van der Waals surface area contributed by atoms with E-state index < -0.39 is 6.08 Å². The summed E-state index contributed by atoms with van der Waals surface area (Å²) in [6, 6.07) is 0. The van der Waals surface area contributed by atoms with E-state index in [1.807, 2.05) is 6.08 Å². The molecule has 1 heterocycles. The summed E-state index contributed by atoms with van der Waals surface area (Å²) in [6.45, 7) is 5.31. The summed E-state index contributed by atoms with van der Waals surface area (Å²) in [4.78, 5) is 0. The van der Waals surface area contributed by atoms with Crippen LogP contribution in [0.4, 0.5) is 8.78 Å². The van der Waals surface area contributed by atoms with Gasteiger partial charge in [-0.2, -0.15) is 8.78 Å². The van der Waals surface area contributed by atoms with E-state index in [9.17, 15) is 8.78 Å². The fourth-order valence-corrected chi connectivity index (χ4v) is 5.15. The summed E-state index contributed by atoms with van der Waals surface area (Å²) in [5.74, 6) is 2.27. The van der Waals surface area contributed by atoms with E-state index in [4.69, 9.17) is 9.47 Å². The SMILES string of the molecule is C=CCC/C=C/C1CCC(C2OCC(C3CCC(C=C(F)F)CC3)CO2)CC1. The molecule has 4 heteroatoms. The molecule has 0 aromatic heterocycles. The fourth-order valence-electron chi connectivity index (χ4n) is 5.15. The minimum absolute atomic E-state index is 0.0400. The Morgan fingerprint density at radius 2 is 1.39 bits per heavy atom. The molecule has 0 unspecified atom stereocenters. The Kier molecular flexibility index (Phi) is 8.72. The molecule has 2 aliphatic carbocycles. The van der Waals surface area contributed by atoms with Crippen LogP contribution in [0.25, 0.3) is 0 Å². The molecule has 3 fully saturated rings. The topological polar surface area (TPSA) is 18.5 Å². The van der Waals surface area contributed by atoms with Gasteiger partial charge in [0.2, 0.25) is 0 Å². The second-order valence-corrected chi connectivity index (χ2v) is 8.90. The molecule has 158 valence electrons. The van der Waals surface area contributed by atoms with Gasteiger partial charge in [0.15, 0.2) is 6.29 Å². The molecule has 3 rings (SSSR count). The highest BCUT2D eigenvalue weighted by Gasteiger charge is 2.35. The van der Waals surface area contributed by atoms with Gasteiger partial charge < -0.3 is 9.47 Å². The molecule has 0 atom stereocenters. The largest absolute Gasteiger partial charge is 0.352 e. The highest BCUT2D eigenvalue weighted by atomic mass is 19.3. The molecule has 0 radical (unpaired) electrons. The van der Waals surface area contributed by atoms with Crippen molar-refractivity contribution in [2.24, 2.45) is 29.6 Å². The minimum atomic E-state index is -1.53. The van der Waals surface area contributed by atoms with Crippen molar-refractivity contribution in [1.82, 2.24) is 0 Å². The summed E-state index contributed by atoms with van der Waals surface area (Å²) in [7, 11) is 0. The Morgan fingerprint density at radius 3 is 2.00 bits per heavy atom. The highest BCUT2D eigenvalue weighted by Crippen LogP contribution is 2.39. The molecule has 28 heavy (non-hydrogen) atoms. The average molecular weight is 395 g/mol. The van der Waals surface area contributed by atoms with Crippen LogP contribution in [-0.2, 0) is 9.47 Å². The third-order valence-electron chi connectivity index (χ3n) is 6.94. The maximum Gasteiger partial charge on any atom is 0.266 e. The molecule has 0 aromatic rings. The van der Waals surface area contributed by atoms with Crippen molar-refractivity contribution in [3.63, 3.8) is 0 Å². The van der Waals surface area contributed by atoms with E-state index in [1.54, 1.807) is 0 Å². The number of ether oxygens (including phenoxy) is 2. The van der Waals surface area contributed by atoms with E-state index in [0.29, 0.717) is 23.7 Å². The Hall–Kier alpha value is -1.00. The van der Waals surface area contributed by atoms with Crippen LogP contribution in [-0.4, -0.2) is 19.5 Å². The predicted octanol–water partition coefficient (Wildman–Crippen LogP) is 6.89. The zero-order valence-electron chi connectivity index (χ0n) is 17.0. The molecule has 0 N–H and O–H groups in total. The number of rotatable bonds is 7. The number of halogens is 2. The standard InChI is InChI=1S/C24H36F2O2/c1-2-3-4-5-6-18-7-13-21(14-8-18)24-27-16-22(17-28-24)20-11-9-19(10-12-20)15-23(25)26/h2,5-6,15,18-22,24H,1,3-4,7-14,16-17H2/b6-5+. The van der Waals surface area contributed by atoms with Gasteiger partial charge in [0.1, 0.15) is 0 Å². The maximum absolute atomic E-state index is 12.4. The first-order valence-corrected chi connectivity index (χ1v) is 11.2. The third-order valence-corrected chi connectivity index (χ3v) is 6.94. The predicted molar refractivity (Wildman–Crippen MR) is 109 cm³/mol. The number of allylic oxidation sites excluding steroid dienone is 4. The van der Waals surface area contributed by atoms with Crippen molar-refractivity contribution in [3.05, 3.63) is 37.0 Å². The van der Waals surface area contributed by atoms with Crippen LogP contribution in [0.1, 0.15) is 64.2 Å². The van der Waals surface area contributed by atoms with Gasteiger partial charge in [0.25, 0.3) is 6.08 Å². The van der Waals surface area contributed by atoms with Gasteiger partial charge in [-0.25, -0.2) is 0 Å². The molecule has 0 aromatic carbocycles. The van der Waals surface area contributed by atoms with Crippen LogP contribution >= 0.6 is 0 Å². The lowest BCUT2D eigenvalue weighted by atomic mass is 9.76. The van der Waals surface area contributed by atoms with Crippen molar-refractivity contribution in [1.29, 1.82) is 0 Å². The molecule has 0 spiro atoms. The van der Waals surface area contributed by atoms with E-state index in [2.05, 4.69) is 18.7 Å². The van der Waals surface area contributed by atoms with E-state index >= 15 is 0 Å². The molecule has 0 amide bonds. The lowest BCUT2D eigenvalue weighted by molar-refractivity contribution is -0.236. The van der Waals surface area contributed by atoms with Crippen molar-refractivity contribution >= 4 is 0 Å². The molecule has 2 nitrogen and oxygen atoms in total. The van der Waals surface area contributed by atoms with Gasteiger partial charge in [-0.3, -0.25) is 0 Å². The summed E-state index contributed by atoms with van der Waals surface area (Å²) in [5, 5.41) is 0. The summed E-state index contributed by atoms with van der Waals surface area (Å²) >= 11 is 0. The number of hydrogen-bond donors (Lipinski definition) is 0. The first-order valence-electron chi connectivity index (χ1n) is 11.2. The zero-order valence-corrected chi connectivity index (χ0v) is 17.0. The van der Waals surface area contributed by atoms with Crippen LogP contribution < -0.4 is 0 Å². The molecule has 2 saturated carbocycles. The van der Waals surface area contributed by atoms with E-state index in [-0.39, 0.29) is 12.2 Å². The van der Waals surface area contributed by atoms with Crippen molar-refractivity contribution in [2.45, 2.75) is 70.5 Å². The van der Waals surface area contributed by atoms with Gasteiger partial charge in [0, 0.05) is 11.8 Å². The molecular formula is C24H36F2O2. The molecular weight excluding hydrogens is 358 g/mol. The Labute approximate surface area is 169 Å². The van der Waals surface area contributed by atoms with Gasteiger partial charge >= 0.3 is 0 Å². The molecule has 1 aliphatic heterocycles. The Balaban J connectivity index is 1.34. The normalized spacial score (nSPS) is 36.9. The average Bonchev–Trinajstić information content (AvgIpc) is 2.72. The van der Waals surface area contributed by atoms with Gasteiger partial charge in [-0.1, -0.05) is 18.2 Å². The lowest BCUT2D eigenvalue weighted by Gasteiger charge is -2.40. The van der Waals surface area contributed by atoms with E-state index in [0.717, 1.165) is 57.8 Å². The van der Waals surface area contributed by atoms with Gasteiger partial charge in [0.05, 0.1) is 13.2 Å². The quantitative estimate of drug-likeness (QED) is 0.346. The minimum Gasteiger partial charge on any atom is -0.352 e. The number of hydrogen-bond acceptors (Lipinski definition) is 2. The second kappa shape index (κ2) is 11.3. The van der Waals surface area contributed by atoms with Crippen molar-refractivity contribution in [2.75, 3.05) is 13.2 Å². The Bertz CT molecular complexity index is 517. The van der Waals surface area contributed by atoms with Crippen molar-refractivity contribution < 1.29 is 18.3 Å². The highest BCUT2D eigenvalue weighted by molar-refractivity contribution is 4.94. The summed E-state index contributed by atoms with van der Waals surface area (Å²) in [6.07, 6.45) is 17.0. The first-order chi connectivity index (χ1) is 13.7. The molecule has 0 bridgehead atoms. The first kappa shape index (κ1) is 21.7. The van der Waals surface area contributed by atoms with Crippen LogP contribution in [0.3, 0.4) is 0 Å². The smallest absolute Gasteiger partial charge is 0.266 e. The fraction of sp³-hybridized carbons (Fsp3) is 0.750. The van der Waals surface area contributed by atoms with Crippen molar-refractivity contribution in [3.8, 4) is 0 Å². The zero-order chi connectivity index (χ0) is 19.8. The van der Waals surface area contributed by atoms with Crippen LogP contribution in [0.5, 0.6) is 0 Å². The van der Waals surface area contributed by atoms with Crippen LogP contribution in [0.15, 0.2) is 37.0 Å². The van der Waals surface area contributed by atoms with Gasteiger partial charge in [-0.05, 0) is 88.0 Å². The summed E-state index contributed by atoms with van der Waals surface area (Å²) < 4.78 is 37.1. The maximum atomic E-state index is 12.4. The second-order valence-electron chi connectivity index (χ2n) is 8.90. The summed E-state index contributed by atoms with van der Waals surface area (Å²) in [5.41, 5.74) is 0. The van der Waals surface area contributed by atoms with E-state index in [1.165, 1.54) is 25.7 Å². The third kappa shape index (κ3) is 6.52. The van der Waals surface area contributed by atoms with Crippen LogP contribution in [0.2, 0.25) is 0 Å². The number of unbranched alkanes of at least 4 members (excludes halogenated alkanes) is 1. The lowest BCUT2D eigenvalue weighted by Crippen LogP contribution is -2.41. The Morgan fingerprint density at radius 1 is 0.786 bits per heavy atom.